The van der Waals surface area contributed by atoms with Crippen LogP contribution in [0.15, 0.2) is 0 Å². The third-order valence-electron chi connectivity index (χ3n) is 3.40. The first-order valence-corrected chi connectivity index (χ1v) is 7.95. The Labute approximate surface area is 124 Å². The van der Waals surface area contributed by atoms with Crippen LogP contribution in [0.3, 0.4) is 0 Å². The van der Waals surface area contributed by atoms with E-state index in [9.17, 15) is 4.79 Å². The molecule has 0 N–H and O–H groups in total. The molecule has 1 aromatic heterocycles. The van der Waals surface area contributed by atoms with Crippen molar-refractivity contribution in [1.29, 1.82) is 0 Å². The van der Waals surface area contributed by atoms with Crippen LogP contribution in [0.25, 0.3) is 0 Å². The van der Waals surface area contributed by atoms with E-state index in [1.165, 1.54) is 11.5 Å². The largest absolute Gasteiger partial charge is 0.466 e. The Morgan fingerprint density at radius 3 is 2.85 bits per heavy atom. The second-order valence-electron chi connectivity index (χ2n) is 6.19. The van der Waals surface area contributed by atoms with Gasteiger partial charge < -0.3 is 9.64 Å². The van der Waals surface area contributed by atoms with Crippen LogP contribution in [-0.2, 0) is 14.9 Å². The van der Waals surface area contributed by atoms with Crippen molar-refractivity contribution in [3.8, 4) is 0 Å². The van der Waals surface area contributed by atoms with Crippen LogP contribution in [0, 0.1) is 5.92 Å². The lowest BCUT2D eigenvalue weighted by Crippen LogP contribution is -2.39. The number of rotatable bonds is 3. The highest BCUT2D eigenvalue weighted by atomic mass is 32.1. The molecule has 0 bridgehead atoms. The molecule has 0 aromatic carbocycles. The number of carbonyl (C=O) groups excluding carboxylic acids is 1. The highest BCUT2D eigenvalue weighted by Crippen LogP contribution is 2.28. The van der Waals surface area contributed by atoms with Crippen molar-refractivity contribution in [3.05, 3.63) is 5.82 Å². The average Bonchev–Trinajstić information content (AvgIpc) is 2.89. The molecule has 0 aliphatic carbocycles. The summed E-state index contributed by atoms with van der Waals surface area (Å²) in [6.07, 6.45) is 1.90. The number of carbonyl (C=O) groups is 1. The quantitative estimate of drug-likeness (QED) is 0.803. The fourth-order valence-electron chi connectivity index (χ4n) is 2.25. The minimum absolute atomic E-state index is 0.0364. The molecule has 1 aliphatic heterocycles. The van der Waals surface area contributed by atoms with Gasteiger partial charge in [0, 0.05) is 30.0 Å². The van der Waals surface area contributed by atoms with Gasteiger partial charge in [0.2, 0.25) is 5.13 Å². The van der Waals surface area contributed by atoms with E-state index < -0.39 is 0 Å². The van der Waals surface area contributed by atoms with Crippen LogP contribution in [0.5, 0.6) is 0 Å². The predicted molar refractivity (Wildman–Crippen MR) is 80.2 cm³/mol. The molecule has 112 valence electrons. The molecule has 20 heavy (non-hydrogen) atoms. The van der Waals surface area contributed by atoms with Crippen molar-refractivity contribution in [2.45, 2.75) is 46.0 Å². The van der Waals surface area contributed by atoms with E-state index in [0.717, 1.165) is 30.3 Å². The summed E-state index contributed by atoms with van der Waals surface area (Å²) in [5.41, 5.74) is -0.0366. The fraction of sp³-hybridized carbons (Fsp3) is 0.786. The first kappa shape index (κ1) is 15.2. The molecule has 0 radical (unpaired) electrons. The maximum absolute atomic E-state index is 11.9. The first-order valence-electron chi connectivity index (χ1n) is 7.17. The third kappa shape index (κ3) is 3.48. The zero-order valence-corrected chi connectivity index (χ0v) is 13.5. The molecule has 0 amide bonds. The topological polar surface area (TPSA) is 55.3 Å². The molecular formula is C14H23N3O2S. The maximum atomic E-state index is 11.9. The molecule has 5 nitrogen and oxygen atoms in total. The molecule has 1 unspecified atom stereocenters. The van der Waals surface area contributed by atoms with Crippen molar-refractivity contribution in [2.24, 2.45) is 5.92 Å². The van der Waals surface area contributed by atoms with Crippen LogP contribution < -0.4 is 4.90 Å². The monoisotopic (exact) mass is 297 g/mol. The van der Waals surface area contributed by atoms with Crippen LogP contribution >= 0.6 is 11.5 Å². The molecule has 6 heteroatoms. The summed E-state index contributed by atoms with van der Waals surface area (Å²) in [5.74, 6) is 0.749. The summed E-state index contributed by atoms with van der Waals surface area (Å²) < 4.78 is 9.57. The van der Waals surface area contributed by atoms with Crippen molar-refractivity contribution < 1.29 is 9.53 Å². The van der Waals surface area contributed by atoms with Gasteiger partial charge in [0.1, 0.15) is 5.82 Å². The van der Waals surface area contributed by atoms with E-state index in [1.807, 2.05) is 6.92 Å². The zero-order valence-electron chi connectivity index (χ0n) is 12.7. The van der Waals surface area contributed by atoms with Crippen molar-refractivity contribution in [3.63, 3.8) is 0 Å². The second kappa shape index (κ2) is 6.08. The van der Waals surface area contributed by atoms with Gasteiger partial charge in [0.15, 0.2) is 0 Å². The minimum Gasteiger partial charge on any atom is -0.466 e. The van der Waals surface area contributed by atoms with Gasteiger partial charge in [-0.2, -0.15) is 4.37 Å². The number of piperidine rings is 1. The average molecular weight is 297 g/mol. The smallest absolute Gasteiger partial charge is 0.310 e. The first-order chi connectivity index (χ1) is 9.41. The Balaban J connectivity index is 2.05. The lowest BCUT2D eigenvalue weighted by molar-refractivity contribution is -0.148. The fourth-order valence-corrected chi connectivity index (χ4v) is 3.14. The van der Waals surface area contributed by atoms with Gasteiger partial charge >= 0.3 is 5.97 Å². The SMILES string of the molecule is CCOC(=O)C1CCCN(c2nc(C(C)(C)C)ns2)C1. The standard InChI is InChI=1S/C14H23N3O2S/c1-5-19-11(18)10-7-6-8-17(9-10)13-15-12(16-20-13)14(2,3)4/h10H,5-9H2,1-4H3. The molecule has 1 saturated heterocycles. The van der Waals surface area contributed by atoms with Crippen molar-refractivity contribution >= 4 is 22.6 Å². The van der Waals surface area contributed by atoms with Gasteiger partial charge in [-0.05, 0) is 19.8 Å². The highest BCUT2D eigenvalue weighted by molar-refractivity contribution is 7.09. The van der Waals surface area contributed by atoms with Crippen LogP contribution in [0.2, 0.25) is 0 Å². The minimum atomic E-state index is -0.0854. The molecule has 1 aliphatic rings. The number of hydrogen-bond acceptors (Lipinski definition) is 6. The molecule has 0 saturated carbocycles. The summed E-state index contributed by atoms with van der Waals surface area (Å²) in [6.45, 7) is 10.2. The third-order valence-corrected chi connectivity index (χ3v) is 4.17. The Morgan fingerprint density at radius 1 is 1.50 bits per heavy atom. The molecule has 1 fully saturated rings. The lowest BCUT2D eigenvalue weighted by Gasteiger charge is -2.30. The lowest BCUT2D eigenvalue weighted by atomic mass is 9.96. The maximum Gasteiger partial charge on any atom is 0.310 e. The number of ether oxygens (including phenoxy) is 1. The van der Waals surface area contributed by atoms with E-state index in [4.69, 9.17) is 4.74 Å². The Bertz CT molecular complexity index is 467. The van der Waals surface area contributed by atoms with Gasteiger partial charge in [-0.25, -0.2) is 4.98 Å². The second-order valence-corrected chi connectivity index (χ2v) is 6.92. The van der Waals surface area contributed by atoms with E-state index in [2.05, 4.69) is 35.0 Å². The van der Waals surface area contributed by atoms with E-state index >= 15 is 0 Å². The summed E-state index contributed by atoms with van der Waals surface area (Å²) in [6, 6.07) is 0. The summed E-state index contributed by atoms with van der Waals surface area (Å²) in [7, 11) is 0. The van der Waals surface area contributed by atoms with Gasteiger partial charge in [0.25, 0.3) is 0 Å². The van der Waals surface area contributed by atoms with Crippen LogP contribution in [-0.4, -0.2) is 35.0 Å². The van der Waals surface area contributed by atoms with Gasteiger partial charge in [-0.1, -0.05) is 20.8 Å². The predicted octanol–water partition coefficient (Wildman–Crippen LogP) is 2.62. The van der Waals surface area contributed by atoms with Crippen LogP contribution in [0.1, 0.15) is 46.4 Å². The Morgan fingerprint density at radius 2 is 2.25 bits per heavy atom. The summed E-state index contributed by atoms with van der Waals surface area (Å²) in [5, 5.41) is 0.920. The number of nitrogens with zero attached hydrogens (tertiary/aromatic N) is 3. The van der Waals surface area contributed by atoms with Gasteiger partial charge in [0.05, 0.1) is 12.5 Å². The van der Waals surface area contributed by atoms with E-state index in [0.29, 0.717) is 13.2 Å². The Hall–Kier alpha value is -1.17. The molecule has 2 heterocycles. The number of hydrogen-bond donors (Lipinski definition) is 0. The van der Waals surface area contributed by atoms with E-state index in [-0.39, 0.29) is 17.3 Å². The molecule has 0 spiro atoms. The molecular weight excluding hydrogens is 274 g/mol. The van der Waals surface area contributed by atoms with Gasteiger partial charge in [-0.3, -0.25) is 4.79 Å². The van der Waals surface area contributed by atoms with Crippen LogP contribution in [0.4, 0.5) is 5.13 Å². The molecule has 1 aromatic rings. The van der Waals surface area contributed by atoms with E-state index in [1.54, 1.807) is 0 Å². The summed E-state index contributed by atoms with van der Waals surface area (Å²) >= 11 is 1.42. The highest BCUT2D eigenvalue weighted by Gasteiger charge is 2.29. The molecule has 1 atom stereocenters. The summed E-state index contributed by atoms with van der Waals surface area (Å²) in [4.78, 5) is 18.6. The van der Waals surface area contributed by atoms with Gasteiger partial charge in [-0.15, -0.1) is 0 Å². The normalized spacial score (nSPS) is 20.0. The van der Waals surface area contributed by atoms with Crippen molar-refractivity contribution in [2.75, 3.05) is 24.6 Å². The number of anilines is 1. The zero-order chi connectivity index (χ0) is 14.8. The molecule has 2 rings (SSSR count). The number of esters is 1. The van der Waals surface area contributed by atoms with Crippen molar-refractivity contribution in [1.82, 2.24) is 9.36 Å². The number of aromatic nitrogens is 2. The Kier molecular flexibility index (Phi) is 4.62.